The molecule has 4 fully saturated rings. The van der Waals surface area contributed by atoms with Crippen molar-refractivity contribution < 1.29 is 42.7 Å². The number of amides is 1. The van der Waals surface area contributed by atoms with Gasteiger partial charge in [0.2, 0.25) is 0 Å². The Kier molecular flexibility index (Phi) is 6.29. The molecule has 0 aromatic carbocycles. The molecule has 0 aromatic rings. The van der Waals surface area contributed by atoms with E-state index < -0.39 is 66.4 Å². The Balaban J connectivity index is 1.40. The van der Waals surface area contributed by atoms with E-state index in [2.05, 4.69) is 5.32 Å². The van der Waals surface area contributed by atoms with Crippen LogP contribution in [0.2, 0.25) is 0 Å². The van der Waals surface area contributed by atoms with Gasteiger partial charge in [-0.25, -0.2) is 4.79 Å². The van der Waals surface area contributed by atoms with Gasteiger partial charge in [-0.05, 0) is 41.5 Å². The Labute approximate surface area is 187 Å². The van der Waals surface area contributed by atoms with Crippen LogP contribution in [0.3, 0.4) is 0 Å². The molecule has 4 heterocycles. The number of rotatable bonds is 6. The molecule has 4 aliphatic rings. The molecule has 4 saturated heterocycles. The summed E-state index contributed by atoms with van der Waals surface area (Å²) >= 11 is 0. The van der Waals surface area contributed by atoms with Gasteiger partial charge < -0.3 is 44.2 Å². The lowest BCUT2D eigenvalue weighted by Crippen LogP contribution is -2.47. The van der Waals surface area contributed by atoms with E-state index in [1.165, 1.54) is 0 Å². The number of fused-ring (bicyclic) bond motifs is 2. The molecule has 11 heteroatoms. The van der Waals surface area contributed by atoms with E-state index in [-0.39, 0.29) is 25.1 Å². The summed E-state index contributed by atoms with van der Waals surface area (Å²) in [6, 6.07) is 0. The average Bonchev–Trinajstić information content (AvgIpc) is 3.35. The van der Waals surface area contributed by atoms with E-state index in [0.717, 1.165) is 0 Å². The Morgan fingerprint density at radius 3 is 1.94 bits per heavy atom. The number of nitrogens with two attached hydrogens (primary N) is 1. The lowest BCUT2D eigenvalue weighted by Gasteiger charge is -2.25. The maximum atomic E-state index is 13.0. The van der Waals surface area contributed by atoms with Crippen molar-refractivity contribution >= 4 is 11.9 Å². The number of carbonyl (C=O) groups excluding carboxylic acids is 2. The smallest absolute Gasteiger partial charge is 0.338 e. The Morgan fingerprint density at radius 1 is 0.875 bits per heavy atom. The van der Waals surface area contributed by atoms with Crippen molar-refractivity contribution in [2.24, 2.45) is 5.73 Å². The maximum absolute atomic E-state index is 13.0. The third kappa shape index (κ3) is 4.52. The molecule has 0 unspecified atom stereocenters. The van der Waals surface area contributed by atoms with Gasteiger partial charge in [0.15, 0.2) is 23.8 Å². The number of nitrogens with one attached hydrogen (secondary N) is 1. The van der Waals surface area contributed by atoms with Gasteiger partial charge >= 0.3 is 5.97 Å². The summed E-state index contributed by atoms with van der Waals surface area (Å²) in [6.07, 6.45) is -5.27. The van der Waals surface area contributed by atoms with Crippen LogP contribution in [-0.4, -0.2) is 91.5 Å². The number of esters is 1. The highest BCUT2D eigenvalue weighted by Gasteiger charge is 2.59. The SMILES string of the molecule is CC(C)OC(=O)[C@@H]1O[C@H](CNC(=O)[C@@H]2O[C@H](CN)[C@@H]3OC(C)(C)O[C@@H]32)[C@@H]2OC(C)(C)O[C@@H]21. The van der Waals surface area contributed by atoms with Crippen LogP contribution in [-0.2, 0) is 42.7 Å². The van der Waals surface area contributed by atoms with Gasteiger partial charge in [0.1, 0.15) is 30.5 Å². The topological polar surface area (TPSA) is 137 Å². The van der Waals surface area contributed by atoms with E-state index in [9.17, 15) is 9.59 Å². The Bertz CT molecular complexity index is 743. The minimum absolute atomic E-state index is 0.0969. The molecule has 0 bridgehead atoms. The predicted molar refractivity (Wildman–Crippen MR) is 108 cm³/mol. The molecule has 182 valence electrons. The zero-order valence-corrected chi connectivity index (χ0v) is 19.4. The highest BCUT2D eigenvalue weighted by molar-refractivity contribution is 5.82. The minimum atomic E-state index is -0.938. The van der Waals surface area contributed by atoms with Gasteiger partial charge in [0, 0.05) is 13.1 Å². The van der Waals surface area contributed by atoms with Crippen LogP contribution in [0, 0.1) is 0 Å². The van der Waals surface area contributed by atoms with E-state index in [0.29, 0.717) is 0 Å². The van der Waals surface area contributed by atoms with Crippen molar-refractivity contribution in [1.29, 1.82) is 0 Å². The third-order valence-corrected chi connectivity index (χ3v) is 5.85. The van der Waals surface area contributed by atoms with Crippen LogP contribution in [0.5, 0.6) is 0 Å². The summed E-state index contributed by atoms with van der Waals surface area (Å²) in [7, 11) is 0. The summed E-state index contributed by atoms with van der Waals surface area (Å²) in [5, 5.41) is 2.84. The highest BCUT2D eigenvalue weighted by atomic mass is 16.8. The van der Waals surface area contributed by atoms with Crippen LogP contribution in [0.4, 0.5) is 0 Å². The first-order valence-corrected chi connectivity index (χ1v) is 11.1. The van der Waals surface area contributed by atoms with Crippen LogP contribution >= 0.6 is 0 Å². The summed E-state index contributed by atoms with van der Waals surface area (Å²) < 4.78 is 40.6. The second-order valence-electron chi connectivity index (χ2n) is 9.79. The fourth-order valence-electron chi connectivity index (χ4n) is 4.72. The van der Waals surface area contributed by atoms with Gasteiger partial charge in [0.25, 0.3) is 5.91 Å². The summed E-state index contributed by atoms with van der Waals surface area (Å²) in [4.78, 5) is 25.5. The van der Waals surface area contributed by atoms with Crippen LogP contribution in [0.15, 0.2) is 0 Å². The van der Waals surface area contributed by atoms with E-state index >= 15 is 0 Å². The predicted octanol–water partition coefficient (Wildman–Crippen LogP) is -0.412. The number of hydrogen-bond donors (Lipinski definition) is 2. The van der Waals surface area contributed by atoms with Crippen molar-refractivity contribution in [1.82, 2.24) is 5.32 Å². The fraction of sp³-hybridized carbons (Fsp3) is 0.905. The molecule has 0 saturated carbocycles. The van der Waals surface area contributed by atoms with Gasteiger partial charge in [-0.15, -0.1) is 0 Å². The molecule has 4 rings (SSSR count). The number of carbonyl (C=O) groups is 2. The molecular weight excluding hydrogens is 424 g/mol. The average molecular weight is 459 g/mol. The van der Waals surface area contributed by atoms with E-state index in [4.69, 9.17) is 38.9 Å². The Morgan fingerprint density at radius 2 is 1.38 bits per heavy atom. The van der Waals surface area contributed by atoms with Crippen molar-refractivity contribution in [2.45, 2.75) is 108 Å². The summed E-state index contributed by atoms with van der Waals surface area (Å²) in [5.41, 5.74) is 5.79. The fourth-order valence-corrected chi connectivity index (χ4v) is 4.72. The zero-order valence-electron chi connectivity index (χ0n) is 19.4. The molecule has 0 radical (unpaired) electrons. The van der Waals surface area contributed by atoms with E-state index in [1.54, 1.807) is 41.5 Å². The minimum Gasteiger partial charge on any atom is -0.461 e. The molecule has 8 atom stereocenters. The van der Waals surface area contributed by atoms with Gasteiger partial charge in [-0.3, -0.25) is 4.79 Å². The van der Waals surface area contributed by atoms with Gasteiger partial charge in [-0.2, -0.15) is 0 Å². The maximum Gasteiger partial charge on any atom is 0.338 e. The molecule has 3 N–H and O–H groups in total. The standard InChI is InChI=1S/C21H34N2O9/c1-9(2)26-19(25)17-15-13(30-21(5,6)32-15)11(28-17)8-23-18(24)16-14-12(10(7-22)27-16)29-20(3,4)31-14/h9-17H,7-8,22H2,1-6H3,(H,23,24)/t10-,11-,12+,13+,14+,15+,16-,17-/m1/s1. The monoisotopic (exact) mass is 458 g/mol. The van der Waals surface area contributed by atoms with Crippen molar-refractivity contribution in [3.05, 3.63) is 0 Å². The van der Waals surface area contributed by atoms with Crippen molar-refractivity contribution in [2.75, 3.05) is 13.1 Å². The first-order chi connectivity index (χ1) is 14.9. The summed E-state index contributed by atoms with van der Waals surface area (Å²) in [6.45, 7) is 10.9. The quantitative estimate of drug-likeness (QED) is 0.505. The van der Waals surface area contributed by atoms with Crippen molar-refractivity contribution in [3.63, 3.8) is 0 Å². The number of ether oxygens (including phenoxy) is 7. The number of hydrogen-bond acceptors (Lipinski definition) is 10. The first kappa shape index (κ1) is 23.8. The zero-order chi connectivity index (χ0) is 23.4. The van der Waals surface area contributed by atoms with Crippen LogP contribution in [0.25, 0.3) is 0 Å². The molecule has 0 aliphatic carbocycles. The van der Waals surface area contributed by atoms with Gasteiger partial charge in [-0.1, -0.05) is 0 Å². The largest absolute Gasteiger partial charge is 0.461 e. The second-order valence-corrected chi connectivity index (χ2v) is 9.79. The normalized spacial score (nSPS) is 41.5. The molecule has 1 amide bonds. The Hall–Kier alpha value is -1.34. The highest BCUT2D eigenvalue weighted by Crippen LogP contribution is 2.40. The van der Waals surface area contributed by atoms with E-state index in [1.807, 2.05) is 0 Å². The van der Waals surface area contributed by atoms with Crippen LogP contribution in [0.1, 0.15) is 41.5 Å². The molecule has 4 aliphatic heterocycles. The lowest BCUT2D eigenvalue weighted by atomic mass is 10.1. The van der Waals surface area contributed by atoms with Crippen molar-refractivity contribution in [3.8, 4) is 0 Å². The van der Waals surface area contributed by atoms with Crippen LogP contribution < -0.4 is 11.1 Å². The second kappa shape index (κ2) is 8.46. The first-order valence-electron chi connectivity index (χ1n) is 11.1. The van der Waals surface area contributed by atoms with Gasteiger partial charge in [0.05, 0.1) is 12.2 Å². The lowest BCUT2D eigenvalue weighted by molar-refractivity contribution is -0.197. The molecule has 0 spiro atoms. The molecular formula is C21H34N2O9. The third-order valence-electron chi connectivity index (χ3n) is 5.85. The molecule has 11 nitrogen and oxygen atoms in total. The summed E-state index contributed by atoms with van der Waals surface area (Å²) in [5.74, 6) is -2.59. The molecule has 0 aromatic heterocycles. The molecule has 32 heavy (non-hydrogen) atoms.